The van der Waals surface area contributed by atoms with Gasteiger partial charge in [0.1, 0.15) is 0 Å². The van der Waals surface area contributed by atoms with Crippen molar-refractivity contribution in [1.82, 2.24) is 19.3 Å². The Morgan fingerprint density at radius 3 is 2.46 bits per heavy atom. The fourth-order valence-corrected chi connectivity index (χ4v) is 3.50. The Morgan fingerprint density at radius 2 is 1.64 bits per heavy atom. The highest BCUT2D eigenvalue weighted by molar-refractivity contribution is 5.85. The normalized spacial score (nSPS) is 12.4. The van der Waals surface area contributed by atoms with Gasteiger partial charge in [-0.25, -0.2) is 0 Å². The Labute approximate surface area is 164 Å². The second-order valence-corrected chi connectivity index (χ2v) is 6.41. The molecule has 0 spiro atoms. The Balaban J connectivity index is 0.00000192. The van der Waals surface area contributed by atoms with Crippen LogP contribution in [0.4, 0.5) is 13.2 Å². The molecule has 2 aromatic heterocycles. The highest BCUT2D eigenvalue weighted by atomic mass is 35.5. The van der Waals surface area contributed by atoms with Crippen LogP contribution in [0.3, 0.4) is 0 Å². The predicted molar refractivity (Wildman–Crippen MR) is 102 cm³/mol. The molecule has 8 heteroatoms. The summed E-state index contributed by atoms with van der Waals surface area (Å²) >= 11 is 0. The van der Waals surface area contributed by atoms with Crippen molar-refractivity contribution in [2.24, 2.45) is 0 Å². The van der Waals surface area contributed by atoms with Crippen LogP contribution in [-0.4, -0.2) is 19.3 Å². The van der Waals surface area contributed by atoms with Crippen molar-refractivity contribution in [2.45, 2.75) is 12.7 Å². The van der Waals surface area contributed by atoms with Crippen LogP contribution >= 0.6 is 12.4 Å². The van der Waals surface area contributed by atoms with Crippen molar-refractivity contribution >= 4 is 12.4 Å². The standard InChI is InChI=1S/C20H13F3N4.ClH/c21-20(22,23)15-7-3-6-13(11-15)18-24-25-19-17-9-4-10-26(17)12-14-5-1-2-8-16(14)27(18)19;/h1-11H,12H2;1H. The Morgan fingerprint density at radius 1 is 0.857 bits per heavy atom. The third-order valence-electron chi connectivity index (χ3n) is 4.74. The van der Waals surface area contributed by atoms with Gasteiger partial charge in [0.05, 0.1) is 16.9 Å². The second-order valence-electron chi connectivity index (χ2n) is 6.41. The number of fused-ring (bicyclic) bond motifs is 5. The molecule has 4 aromatic rings. The van der Waals surface area contributed by atoms with Gasteiger partial charge in [0.2, 0.25) is 0 Å². The third kappa shape index (κ3) is 2.79. The average Bonchev–Trinajstić information content (AvgIpc) is 3.26. The molecular formula is C20H14ClF3N4. The molecule has 1 aliphatic rings. The number of hydrogen-bond acceptors (Lipinski definition) is 2. The molecule has 0 unspecified atom stereocenters. The maximum atomic E-state index is 13.2. The molecule has 0 aliphatic carbocycles. The van der Waals surface area contributed by atoms with Gasteiger partial charge in [0, 0.05) is 18.3 Å². The largest absolute Gasteiger partial charge is 0.416 e. The fraction of sp³-hybridized carbons (Fsp3) is 0.100. The number of benzene rings is 2. The molecule has 3 heterocycles. The zero-order valence-corrected chi connectivity index (χ0v) is 15.2. The van der Waals surface area contributed by atoms with Gasteiger partial charge in [-0.15, -0.1) is 22.6 Å². The lowest BCUT2D eigenvalue weighted by Gasteiger charge is -2.12. The summed E-state index contributed by atoms with van der Waals surface area (Å²) in [5, 5.41) is 8.55. The van der Waals surface area contributed by atoms with Crippen molar-refractivity contribution in [3.05, 3.63) is 78.0 Å². The van der Waals surface area contributed by atoms with Crippen LogP contribution in [0.2, 0.25) is 0 Å². The molecule has 2 aromatic carbocycles. The predicted octanol–water partition coefficient (Wildman–Crippen LogP) is 5.21. The van der Waals surface area contributed by atoms with Crippen molar-refractivity contribution in [3.63, 3.8) is 0 Å². The molecular weight excluding hydrogens is 389 g/mol. The summed E-state index contributed by atoms with van der Waals surface area (Å²) in [6.45, 7) is 0.657. The van der Waals surface area contributed by atoms with Crippen LogP contribution in [0.25, 0.3) is 28.6 Å². The maximum absolute atomic E-state index is 13.2. The van der Waals surface area contributed by atoms with Gasteiger partial charge in [-0.05, 0) is 35.9 Å². The zero-order chi connectivity index (χ0) is 18.6. The molecule has 0 fully saturated rings. The van der Waals surface area contributed by atoms with Gasteiger partial charge >= 0.3 is 6.18 Å². The lowest BCUT2D eigenvalue weighted by Crippen LogP contribution is -2.06. The summed E-state index contributed by atoms with van der Waals surface area (Å²) < 4.78 is 43.4. The Kier molecular flexibility index (Phi) is 4.27. The molecule has 1 aliphatic heterocycles. The minimum absolute atomic E-state index is 0. The first-order chi connectivity index (χ1) is 13.0. The van der Waals surface area contributed by atoms with Crippen LogP contribution in [0.1, 0.15) is 11.1 Å². The van der Waals surface area contributed by atoms with E-state index in [0.29, 0.717) is 23.8 Å². The van der Waals surface area contributed by atoms with Gasteiger partial charge in [-0.1, -0.05) is 30.3 Å². The number of para-hydroxylation sites is 1. The van der Waals surface area contributed by atoms with E-state index in [0.717, 1.165) is 29.1 Å². The van der Waals surface area contributed by atoms with E-state index in [1.165, 1.54) is 6.07 Å². The minimum Gasteiger partial charge on any atom is -0.340 e. The van der Waals surface area contributed by atoms with Gasteiger partial charge < -0.3 is 4.57 Å². The van der Waals surface area contributed by atoms with E-state index >= 15 is 0 Å². The van der Waals surface area contributed by atoms with E-state index in [9.17, 15) is 13.2 Å². The lowest BCUT2D eigenvalue weighted by molar-refractivity contribution is -0.137. The molecule has 0 atom stereocenters. The molecule has 0 amide bonds. The van der Waals surface area contributed by atoms with Crippen molar-refractivity contribution in [2.75, 3.05) is 0 Å². The second kappa shape index (κ2) is 6.53. The molecule has 0 radical (unpaired) electrons. The number of hydrogen-bond donors (Lipinski definition) is 0. The molecule has 28 heavy (non-hydrogen) atoms. The van der Waals surface area contributed by atoms with Crippen molar-refractivity contribution in [3.8, 4) is 28.6 Å². The number of aromatic nitrogens is 4. The molecule has 4 nitrogen and oxygen atoms in total. The molecule has 0 saturated heterocycles. The summed E-state index contributed by atoms with van der Waals surface area (Å²) in [7, 11) is 0. The summed E-state index contributed by atoms with van der Waals surface area (Å²) in [4.78, 5) is 0. The molecule has 0 bridgehead atoms. The maximum Gasteiger partial charge on any atom is 0.416 e. The molecule has 5 rings (SSSR count). The topological polar surface area (TPSA) is 35.6 Å². The molecule has 0 N–H and O–H groups in total. The number of alkyl halides is 3. The SMILES string of the molecule is Cl.FC(F)(F)c1cccc(-c2nnc3n2-c2ccccc2Cn2cccc2-3)c1. The fourth-order valence-electron chi connectivity index (χ4n) is 3.50. The Hall–Kier alpha value is -3.06. The first kappa shape index (κ1) is 18.3. The van der Waals surface area contributed by atoms with Gasteiger partial charge in [0.15, 0.2) is 11.6 Å². The zero-order valence-electron chi connectivity index (χ0n) is 14.4. The van der Waals surface area contributed by atoms with E-state index in [4.69, 9.17) is 0 Å². The van der Waals surface area contributed by atoms with Crippen LogP contribution in [-0.2, 0) is 12.7 Å². The number of halogens is 4. The van der Waals surface area contributed by atoms with Crippen LogP contribution < -0.4 is 0 Å². The highest BCUT2D eigenvalue weighted by Crippen LogP contribution is 2.36. The first-order valence-electron chi connectivity index (χ1n) is 8.39. The quantitative estimate of drug-likeness (QED) is 0.386. The first-order valence-corrected chi connectivity index (χ1v) is 8.39. The van der Waals surface area contributed by atoms with E-state index in [-0.39, 0.29) is 12.4 Å². The van der Waals surface area contributed by atoms with Gasteiger partial charge in [0.25, 0.3) is 0 Å². The number of rotatable bonds is 1. The smallest absolute Gasteiger partial charge is 0.340 e. The van der Waals surface area contributed by atoms with Crippen LogP contribution in [0.15, 0.2) is 66.9 Å². The monoisotopic (exact) mass is 402 g/mol. The van der Waals surface area contributed by atoms with E-state index in [1.54, 1.807) is 6.07 Å². The lowest BCUT2D eigenvalue weighted by atomic mass is 10.1. The summed E-state index contributed by atoms with van der Waals surface area (Å²) in [5.41, 5.74) is 2.45. The molecule has 0 saturated carbocycles. The van der Waals surface area contributed by atoms with E-state index in [1.807, 2.05) is 47.2 Å². The summed E-state index contributed by atoms with van der Waals surface area (Å²) in [6, 6.07) is 16.8. The van der Waals surface area contributed by atoms with E-state index < -0.39 is 11.7 Å². The number of nitrogens with zero attached hydrogens (tertiary/aromatic N) is 4. The minimum atomic E-state index is -4.41. The van der Waals surface area contributed by atoms with Crippen LogP contribution in [0, 0.1) is 0 Å². The summed E-state index contributed by atoms with van der Waals surface area (Å²) in [5.74, 6) is 0.996. The summed E-state index contributed by atoms with van der Waals surface area (Å²) in [6.07, 6.45) is -2.45. The van der Waals surface area contributed by atoms with E-state index in [2.05, 4.69) is 14.8 Å². The van der Waals surface area contributed by atoms with Crippen molar-refractivity contribution < 1.29 is 13.2 Å². The average molecular weight is 403 g/mol. The third-order valence-corrected chi connectivity index (χ3v) is 4.74. The molecule has 142 valence electrons. The van der Waals surface area contributed by atoms with Gasteiger partial charge in [-0.3, -0.25) is 4.57 Å². The van der Waals surface area contributed by atoms with Crippen LogP contribution in [0.5, 0.6) is 0 Å². The van der Waals surface area contributed by atoms with Gasteiger partial charge in [-0.2, -0.15) is 13.2 Å². The van der Waals surface area contributed by atoms with Crippen molar-refractivity contribution in [1.29, 1.82) is 0 Å². The highest BCUT2D eigenvalue weighted by Gasteiger charge is 2.31. The Bertz CT molecular complexity index is 1160.